The van der Waals surface area contributed by atoms with Crippen LogP contribution in [0, 0.1) is 0 Å². The number of allylic oxidation sites excluding steroid dienone is 3. The number of nitrogens with zero attached hydrogens (tertiary/aromatic N) is 2. The fraction of sp³-hybridized carbons (Fsp3) is 0. The van der Waals surface area contributed by atoms with Crippen molar-refractivity contribution >= 4 is 50.0 Å². The molecule has 0 spiro atoms. The molecule has 2 heteroatoms. The molecule has 2 nitrogen and oxygen atoms in total. The summed E-state index contributed by atoms with van der Waals surface area (Å²) in [6.45, 7) is 0. The standard InChI is InChI=1S/C38H26N2/c1-5-17-29(18-6-1)39(30-19-7-2-8-20-30)37-33-25-13-15-27-35(33)38(36-28-16-14-26-34(36)37)40(31-21-9-3-10-22-31)32-23-11-4-12-24-32/h1-3,5-11,13-28H. The van der Waals surface area contributed by atoms with E-state index in [1.807, 2.05) is 12.2 Å². The first kappa shape index (κ1) is 23.6. The molecule has 1 aliphatic carbocycles. The Hall–Kier alpha value is -5.52. The predicted molar refractivity (Wildman–Crippen MR) is 169 cm³/mol. The third-order valence-electron chi connectivity index (χ3n) is 7.26. The van der Waals surface area contributed by atoms with Gasteiger partial charge in [-0.2, -0.15) is 0 Å². The van der Waals surface area contributed by atoms with Gasteiger partial charge >= 0.3 is 0 Å². The van der Waals surface area contributed by atoms with Crippen LogP contribution in [0.1, 0.15) is 0 Å². The van der Waals surface area contributed by atoms with Crippen molar-refractivity contribution in [1.82, 2.24) is 0 Å². The molecule has 1 aliphatic rings. The third-order valence-corrected chi connectivity index (χ3v) is 7.26. The van der Waals surface area contributed by atoms with Gasteiger partial charge in [-0.3, -0.25) is 0 Å². The summed E-state index contributed by atoms with van der Waals surface area (Å²) in [5, 5.41) is 4.70. The molecule has 0 unspecified atom stereocenters. The van der Waals surface area contributed by atoms with Crippen molar-refractivity contribution in [2.24, 2.45) is 0 Å². The van der Waals surface area contributed by atoms with Crippen molar-refractivity contribution in [3.63, 3.8) is 0 Å². The largest absolute Gasteiger partial charge is 0.309 e. The van der Waals surface area contributed by atoms with Gasteiger partial charge in [-0.05, 0) is 48.6 Å². The van der Waals surface area contributed by atoms with Crippen LogP contribution in [0.15, 0.2) is 175 Å². The maximum Gasteiger partial charge on any atom is 0.0620 e. The van der Waals surface area contributed by atoms with Gasteiger partial charge in [-0.15, -0.1) is 0 Å². The van der Waals surface area contributed by atoms with E-state index in [0.29, 0.717) is 0 Å². The molecule has 0 saturated carbocycles. The molecule has 0 atom stereocenters. The second kappa shape index (κ2) is 10.3. The van der Waals surface area contributed by atoms with Gasteiger partial charge < -0.3 is 9.80 Å². The zero-order valence-electron chi connectivity index (χ0n) is 21.9. The number of para-hydroxylation sites is 3. The van der Waals surface area contributed by atoms with Gasteiger partial charge in [0.2, 0.25) is 0 Å². The molecular weight excluding hydrogens is 484 g/mol. The van der Waals surface area contributed by atoms with Crippen LogP contribution in [0.3, 0.4) is 0 Å². The molecule has 6 aromatic carbocycles. The lowest BCUT2D eigenvalue weighted by molar-refractivity contribution is 1.23. The summed E-state index contributed by atoms with van der Waals surface area (Å²) in [5.41, 5.74) is 12.9. The molecule has 7 rings (SSSR count). The zero-order valence-corrected chi connectivity index (χ0v) is 21.9. The molecule has 188 valence electrons. The lowest BCUT2D eigenvalue weighted by Gasteiger charge is -2.33. The predicted octanol–water partition coefficient (Wildman–Crippen LogP) is 10.4. The first-order valence-electron chi connectivity index (χ1n) is 13.5. The first-order valence-corrected chi connectivity index (χ1v) is 13.5. The zero-order chi connectivity index (χ0) is 26.7. The number of hydrogen-bond donors (Lipinski definition) is 0. The van der Waals surface area contributed by atoms with E-state index in [0.717, 1.165) is 34.1 Å². The molecule has 0 saturated heterocycles. The van der Waals surface area contributed by atoms with Gasteiger partial charge in [0.15, 0.2) is 0 Å². The van der Waals surface area contributed by atoms with Gasteiger partial charge in [-0.25, -0.2) is 0 Å². The Morgan fingerprint density at radius 3 is 1.15 bits per heavy atom. The number of hydrogen-bond acceptors (Lipinski definition) is 2. The van der Waals surface area contributed by atoms with Crippen LogP contribution in [-0.4, -0.2) is 0 Å². The van der Waals surface area contributed by atoms with Crippen LogP contribution in [0.4, 0.5) is 28.4 Å². The minimum atomic E-state index is 1.04. The average Bonchev–Trinajstić information content (AvgIpc) is 3.04. The van der Waals surface area contributed by atoms with Crippen molar-refractivity contribution in [2.75, 3.05) is 9.80 Å². The van der Waals surface area contributed by atoms with Crippen LogP contribution in [0.25, 0.3) is 21.5 Å². The van der Waals surface area contributed by atoms with Crippen LogP contribution in [0.2, 0.25) is 0 Å². The smallest absolute Gasteiger partial charge is 0.0620 e. The van der Waals surface area contributed by atoms with E-state index in [9.17, 15) is 0 Å². The molecule has 0 heterocycles. The number of anilines is 5. The van der Waals surface area contributed by atoms with Crippen LogP contribution < -0.4 is 9.80 Å². The third kappa shape index (κ3) is 4.11. The number of fused-ring (bicyclic) bond motifs is 2. The minimum absolute atomic E-state index is 1.04. The topological polar surface area (TPSA) is 6.48 Å². The van der Waals surface area contributed by atoms with Crippen LogP contribution >= 0.6 is 0 Å². The van der Waals surface area contributed by atoms with Gasteiger partial charge in [0.1, 0.15) is 0 Å². The molecule has 0 N–H and O–H groups in total. The van der Waals surface area contributed by atoms with Crippen molar-refractivity contribution < 1.29 is 0 Å². The van der Waals surface area contributed by atoms with Gasteiger partial charge in [0.05, 0.1) is 17.1 Å². The van der Waals surface area contributed by atoms with E-state index in [1.165, 1.54) is 21.5 Å². The molecule has 40 heavy (non-hydrogen) atoms. The highest BCUT2D eigenvalue weighted by Gasteiger charge is 2.25. The molecule has 6 aromatic rings. The molecule has 0 radical (unpaired) electrons. The maximum atomic E-state index is 3.17. The molecule has 0 aromatic heterocycles. The monoisotopic (exact) mass is 510 g/mol. The summed E-state index contributed by atoms with van der Waals surface area (Å²) in [5.74, 6) is 0. The Kier molecular flexibility index (Phi) is 6.09. The van der Waals surface area contributed by atoms with E-state index < -0.39 is 0 Å². The van der Waals surface area contributed by atoms with E-state index >= 15 is 0 Å². The Labute approximate surface area is 234 Å². The summed E-state index contributed by atoms with van der Waals surface area (Å²) in [4.78, 5) is 4.72. The minimum Gasteiger partial charge on any atom is -0.309 e. The molecule has 0 aliphatic heterocycles. The Morgan fingerprint density at radius 2 is 0.750 bits per heavy atom. The first-order chi connectivity index (χ1) is 19.9. The van der Waals surface area contributed by atoms with Crippen molar-refractivity contribution in [3.05, 3.63) is 175 Å². The van der Waals surface area contributed by atoms with E-state index in [1.54, 1.807) is 0 Å². The molecular formula is C38H26N2. The Balaban J connectivity index is 1.61. The summed E-state index contributed by atoms with van der Waals surface area (Å²) >= 11 is 0. The summed E-state index contributed by atoms with van der Waals surface area (Å²) < 4.78 is 0. The highest BCUT2D eigenvalue weighted by molar-refractivity contribution is 6.22. The van der Waals surface area contributed by atoms with E-state index in [4.69, 9.17) is 0 Å². The normalized spacial score (nSPS) is 12.1. The summed E-state index contributed by atoms with van der Waals surface area (Å²) in [7, 11) is 0. The quantitative estimate of drug-likeness (QED) is 0.125. The van der Waals surface area contributed by atoms with Crippen LogP contribution in [0.5, 0.6) is 0 Å². The van der Waals surface area contributed by atoms with Gasteiger partial charge in [0, 0.05) is 44.7 Å². The highest BCUT2D eigenvalue weighted by atomic mass is 15.2. The highest BCUT2D eigenvalue weighted by Crippen LogP contribution is 2.49. The second-order valence-electron chi connectivity index (χ2n) is 9.66. The Morgan fingerprint density at radius 1 is 0.375 bits per heavy atom. The van der Waals surface area contributed by atoms with Gasteiger partial charge in [-0.1, -0.05) is 115 Å². The van der Waals surface area contributed by atoms with Crippen molar-refractivity contribution in [2.45, 2.75) is 0 Å². The second-order valence-corrected chi connectivity index (χ2v) is 9.66. The van der Waals surface area contributed by atoms with Crippen LogP contribution in [-0.2, 0) is 0 Å². The maximum absolute atomic E-state index is 3.17. The van der Waals surface area contributed by atoms with E-state index in [2.05, 4.69) is 167 Å². The van der Waals surface area contributed by atoms with Crippen molar-refractivity contribution in [1.29, 1.82) is 0 Å². The molecule has 0 bridgehead atoms. The lowest BCUT2D eigenvalue weighted by Crippen LogP contribution is -2.17. The number of benzene rings is 6. The number of rotatable bonds is 6. The van der Waals surface area contributed by atoms with Gasteiger partial charge in [0.25, 0.3) is 0 Å². The Bertz CT molecular complexity index is 1860. The lowest BCUT2D eigenvalue weighted by atomic mass is 9.95. The van der Waals surface area contributed by atoms with Crippen molar-refractivity contribution in [3.8, 4) is 0 Å². The molecule has 0 amide bonds. The summed E-state index contributed by atoms with van der Waals surface area (Å²) in [6.07, 6.45) is 6.03. The SMILES string of the molecule is C1=C=CC(N(c2ccccc2)c2c3ccccc3c(N(c3ccccc3)c3ccccc3)c3ccccc23)=CC=1. The molecule has 0 fully saturated rings. The summed E-state index contributed by atoms with van der Waals surface area (Å²) in [6, 6.07) is 49.3. The fourth-order valence-corrected chi connectivity index (χ4v) is 5.59. The fourth-order valence-electron chi connectivity index (χ4n) is 5.59. The average molecular weight is 511 g/mol. The van der Waals surface area contributed by atoms with E-state index in [-0.39, 0.29) is 0 Å².